The number of allylic oxidation sites excluding steroid dienone is 2. The van der Waals surface area contributed by atoms with Crippen LogP contribution in [-0.4, -0.2) is 22.5 Å². The second kappa shape index (κ2) is 7.05. The van der Waals surface area contributed by atoms with Crippen LogP contribution >= 0.6 is 0 Å². The molecule has 0 spiro atoms. The van der Waals surface area contributed by atoms with E-state index in [0.29, 0.717) is 37.7 Å². The highest BCUT2D eigenvalue weighted by Crippen LogP contribution is 2.45. The number of Topliss-reactive ketones (excluding diaryl/α,β-unsaturated/α-hetero) is 3. The van der Waals surface area contributed by atoms with E-state index in [0.717, 1.165) is 12.8 Å². The molecule has 0 unspecified atom stereocenters. The van der Waals surface area contributed by atoms with Crippen LogP contribution in [0, 0.1) is 22.7 Å². The van der Waals surface area contributed by atoms with Crippen LogP contribution in [-0.2, 0) is 14.4 Å². The second-order valence-corrected chi connectivity index (χ2v) is 9.48. The summed E-state index contributed by atoms with van der Waals surface area (Å²) in [5.74, 6) is -1.37. The van der Waals surface area contributed by atoms with Gasteiger partial charge in [0.05, 0.1) is 11.7 Å². The molecule has 0 aromatic rings. The number of carbonyl (C=O) groups excluding carboxylic acids is 3. The van der Waals surface area contributed by atoms with Crippen LogP contribution in [0.3, 0.4) is 0 Å². The summed E-state index contributed by atoms with van der Waals surface area (Å²) >= 11 is 0. The van der Waals surface area contributed by atoms with Gasteiger partial charge in [0.15, 0.2) is 5.78 Å². The molecule has 2 aliphatic rings. The van der Waals surface area contributed by atoms with Gasteiger partial charge in [0, 0.05) is 37.2 Å². The molecule has 0 bridgehead atoms. The summed E-state index contributed by atoms with van der Waals surface area (Å²) in [4.78, 5) is 38.3. The number of ketones is 3. The SMILES string of the molecule is CCCC[C@@H](C1=C(O)CC(C)(C)CC1=O)C1C(=O)CC(C)(C)CC1=O. The van der Waals surface area contributed by atoms with Gasteiger partial charge in [0.1, 0.15) is 11.6 Å². The first kappa shape index (κ1) is 19.9. The van der Waals surface area contributed by atoms with Gasteiger partial charge in [-0.25, -0.2) is 0 Å². The van der Waals surface area contributed by atoms with Crippen LogP contribution in [0.25, 0.3) is 0 Å². The van der Waals surface area contributed by atoms with Crippen LogP contribution in [0.4, 0.5) is 0 Å². The molecule has 0 aromatic heterocycles. The Kier molecular flexibility index (Phi) is 5.60. The Morgan fingerprint density at radius 3 is 1.96 bits per heavy atom. The molecule has 4 nitrogen and oxygen atoms in total. The van der Waals surface area contributed by atoms with Crippen LogP contribution in [0.5, 0.6) is 0 Å². The van der Waals surface area contributed by atoms with E-state index in [9.17, 15) is 19.5 Å². The first-order valence-electron chi connectivity index (χ1n) is 9.48. The Hall–Kier alpha value is -1.45. The van der Waals surface area contributed by atoms with Gasteiger partial charge < -0.3 is 5.11 Å². The van der Waals surface area contributed by atoms with Gasteiger partial charge in [-0.2, -0.15) is 0 Å². The van der Waals surface area contributed by atoms with Crippen molar-refractivity contribution in [1.82, 2.24) is 0 Å². The molecule has 2 rings (SSSR count). The van der Waals surface area contributed by atoms with Gasteiger partial charge >= 0.3 is 0 Å². The molecule has 0 heterocycles. The maximum Gasteiger partial charge on any atom is 0.163 e. The lowest BCUT2D eigenvalue weighted by molar-refractivity contribution is -0.141. The summed E-state index contributed by atoms with van der Waals surface area (Å²) in [5.41, 5.74) is -0.225. The summed E-state index contributed by atoms with van der Waals surface area (Å²) in [6.45, 7) is 9.83. The molecule has 1 N–H and O–H groups in total. The van der Waals surface area contributed by atoms with Crippen molar-refractivity contribution < 1.29 is 19.5 Å². The quantitative estimate of drug-likeness (QED) is 0.739. The molecular formula is C21H32O4. The lowest BCUT2D eigenvalue weighted by Crippen LogP contribution is -2.44. The van der Waals surface area contributed by atoms with Crippen molar-refractivity contribution in [3.63, 3.8) is 0 Å². The number of unbranched alkanes of at least 4 members (excludes halogenated alkanes) is 1. The molecule has 0 aromatic carbocycles. The molecular weight excluding hydrogens is 316 g/mol. The van der Waals surface area contributed by atoms with Crippen molar-refractivity contribution >= 4 is 17.3 Å². The van der Waals surface area contributed by atoms with E-state index in [1.807, 2.05) is 34.6 Å². The number of aliphatic hydroxyl groups is 1. The molecule has 140 valence electrons. The fourth-order valence-corrected chi connectivity index (χ4v) is 4.48. The number of aliphatic hydroxyl groups excluding tert-OH is 1. The Morgan fingerprint density at radius 2 is 1.48 bits per heavy atom. The Balaban J connectivity index is 2.41. The van der Waals surface area contributed by atoms with Crippen molar-refractivity contribution in [2.45, 2.75) is 79.6 Å². The van der Waals surface area contributed by atoms with Crippen molar-refractivity contribution in [1.29, 1.82) is 0 Å². The smallest absolute Gasteiger partial charge is 0.163 e. The average Bonchev–Trinajstić information content (AvgIpc) is 2.39. The second-order valence-electron chi connectivity index (χ2n) is 9.48. The third kappa shape index (κ3) is 4.39. The Morgan fingerprint density at radius 1 is 0.960 bits per heavy atom. The highest BCUT2D eigenvalue weighted by atomic mass is 16.3. The fraction of sp³-hybridized carbons (Fsp3) is 0.762. The van der Waals surface area contributed by atoms with Crippen LogP contribution < -0.4 is 0 Å². The van der Waals surface area contributed by atoms with Crippen molar-refractivity contribution in [3.05, 3.63) is 11.3 Å². The van der Waals surface area contributed by atoms with Crippen LogP contribution in [0.15, 0.2) is 11.3 Å². The van der Waals surface area contributed by atoms with Crippen molar-refractivity contribution in [2.24, 2.45) is 22.7 Å². The Bertz CT molecular complexity index is 589. The predicted octanol–water partition coefficient (Wildman–Crippen LogP) is 4.57. The molecule has 25 heavy (non-hydrogen) atoms. The third-order valence-electron chi connectivity index (χ3n) is 5.54. The van der Waals surface area contributed by atoms with E-state index in [2.05, 4.69) is 0 Å². The standard InChI is InChI=1S/C21H32O4/c1-6-7-8-13(18-14(22)9-20(2,3)10-15(18)23)19-16(24)11-21(4,5)12-17(19)25/h13,18,24H,6-12H2,1-5H3/t13-/m1/s1. The maximum absolute atomic E-state index is 12.8. The molecule has 0 saturated heterocycles. The van der Waals surface area contributed by atoms with E-state index >= 15 is 0 Å². The fourth-order valence-electron chi connectivity index (χ4n) is 4.48. The molecule has 4 heteroatoms. The van der Waals surface area contributed by atoms with E-state index < -0.39 is 11.8 Å². The van der Waals surface area contributed by atoms with Gasteiger partial charge in [-0.15, -0.1) is 0 Å². The normalized spacial score (nSPS) is 25.4. The van der Waals surface area contributed by atoms with Gasteiger partial charge in [-0.05, 0) is 17.3 Å². The molecule has 2 aliphatic carbocycles. The highest BCUT2D eigenvalue weighted by Gasteiger charge is 2.47. The van der Waals surface area contributed by atoms with Crippen molar-refractivity contribution in [3.8, 4) is 0 Å². The van der Waals surface area contributed by atoms with E-state index in [1.165, 1.54) is 0 Å². The summed E-state index contributed by atoms with van der Waals surface area (Å²) < 4.78 is 0. The van der Waals surface area contributed by atoms with E-state index in [1.54, 1.807) is 0 Å². The first-order chi connectivity index (χ1) is 11.5. The minimum Gasteiger partial charge on any atom is -0.512 e. The summed E-state index contributed by atoms with van der Waals surface area (Å²) in [5, 5.41) is 10.6. The van der Waals surface area contributed by atoms with Gasteiger partial charge in [-0.1, -0.05) is 47.5 Å². The van der Waals surface area contributed by atoms with Crippen LogP contribution in [0.2, 0.25) is 0 Å². The third-order valence-corrected chi connectivity index (χ3v) is 5.54. The summed E-state index contributed by atoms with van der Waals surface area (Å²) in [6, 6.07) is 0. The number of rotatable bonds is 5. The Labute approximate surface area is 151 Å². The molecule has 0 radical (unpaired) electrons. The lowest BCUT2D eigenvalue weighted by Gasteiger charge is -2.38. The largest absolute Gasteiger partial charge is 0.512 e. The maximum atomic E-state index is 12.8. The van der Waals surface area contributed by atoms with E-state index in [-0.39, 0.29) is 33.9 Å². The molecule has 0 amide bonds. The lowest BCUT2D eigenvalue weighted by atomic mass is 9.63. The summed E-state index contributed by atoms with van der Waals surface area (Å²) in [6.07, 6.45) is 3.86. The van der Waals surface area contributed by atoms with Gasteiger partial charge in [0.25, 0.3) is 0 Å². The minimum atomic E-state index is -0.762. The molecule has 1 saturated carbocycles. The predicted molar refractivity (Wildman–Crippen MR) is 97.2 cm³/mol. The number of hydrogen-bond acceptors (Lipinski definition) is 4. The van der Waals surface area contributed by atoms with Gasteiger partial charge in [0.2, 0.25) is 0 Å². The molecule has 0 aliphatic heterocycles. The summed E-state index contributed by atoms with van der Waals surface area (Å²) in [7, 11) is 0. The van der Waals surface area contributed by atoms with Crippen LogP contribution in [0.1, 0.15) is 79.6 Å². The highest BCUT2D eigenvalue weighted by molar-refractivity contribution is 6.08. The van der Waals surface area contributed by atoms with E-state index in [4.69, 9.17) is 0 Å². The number of carbonyl (C=O) groups is 3. The minimum absolute atomic E-state index is 0.0692. The zero-order chi connectivity index (χ0) is 19.0. The van der Waals surface area contributed by atoms with Crippen molar-refractivity contribution in [2.75, 3.05) is 0 Å². The van der Waals surface area contributed by atoms with Gasteiger partial charge in [-0.3, -0.25) is 14.4 Å². The molecule has 1 fully saturated rings. The molecule has 1 atom stereocenters. The zero-order valence-electron chi connectivity index (χ0n) is 16.3. The topological polar surface area (TPSA) is 71.4 Å². The average molecular weight is 348 g/mol. The monoisotopic (exact) mass is 348 g/mol. The zero-order valence-corrected chi connectivity index (χ0v) is 16.3. The number of hydrogen-bond donors (Lipinski definition) is 1. The first-order valence-corrected chi connectivity index (χ1v) is 9.48.